The number of aryl methyl sites for hydroxylation is 2. The summed E-state index contributed by atoms with van der Waals surface area (Å²) in [7, 11) is 0. The Balaban J connectivity index is 1.20. The van der Waals surface area contributed by atoms with E-state index in [-0.39, 0.29) is 11.8 Å². The summed E-state index contributed by atoms with van der Waals surface area (Å²) >= 11 is 0. The zero-order valence-corrected chi connectivity index (χ0v) is 18.0. The first-order valence-electron chi connectivity index (χ1n) is 10.9. The van der Waals surface area contributed by atoms with Gasteiger partial charge in [0.1, 0.15) is 5.82 Å². The van der Waals surface area contributed by atoms with Crippen LogP contribution in [0.3, 0.4) is 0 Å². The molecule has 1 amide bonds. The maximum absolute atomic E-state index is 12.9. The first kappa shape index (κ1) is 19.7. The van der Waals surface area contributed by atoms with Crippen LogP contribution in [0.5, 0.6) is 0 Å². The van der Waals surface area contributed by atoms with Gasteiger partial charge in [0.2, 0.25) is 5.91 Å². The number of aromatic amines is 1. The number of imidazole rings is 1. The molecule has 2 aromatic heterocycles. The Morgan fingerprint density at radius 3 is 2.74 bits per heavy atom. The molecule has 0 unspecified atom stereocenters. The Bertz CT molecular complexity index is 1250. The minimum absolute atomic E-state index is 0.0308. The maximum Gasteiger partial charge on any atom is 0.227 e. The van der Waals surface area contributed by atoms with E-state index in [1.54, 1.807) is 0 Å². The molecule has 5 rings (SSSR count). The third-order valence-corrected chi connectivity index (χ3v) is 6.15. The lowest BCUT2D eigenvalue weighted by Crippen LogP contribution is -2.38. The van der Waals surface area contributed by atoms with Gasteiger partial charge in [0.05, 0.1) is 28.8 Å². The highest BCUT2D eigenvalue weighted by Gasteiger charge is 2.26. The largest absolute Gasteiger partial charge is 0.341 e. The number of hydrogen-bond acceptors (Lipinski definition) is 4. The van der Waals surface area contributed by atoms with Crippen molar-refractivity contribution >= 4 is 33.5 Å². The summed E-state index contributed by atoms with van der Waals surface area (Å²) in [5, 5.41) is 4.13. The number of nitrogens with one attached hydrogen (secondary N) is 2. The molecule has 1 fully saturated rings. The second-order valence-corrected chi connectivity index (χ2v) is 8.57. The number of benzene rings is 2. The van der Waals surface area contributed by atoms with E-state index < -0.39 is 0 Å². The van der Waals surface area contributed by atoms with Crippen molar-refractivity contribution in [3.8, 4) is 0 Å². The Morgan fingerprint density at radius 2 is 1.90 bits per heavy atom. The molecule has 0 aliphatic carbocycles. The highest BCUT2D eigenvalue weighted by Crippen LogP contribution is 2.25. The molecule has 2 aromatic carbocycles. The number of pyridine rings is 1. The van der Waals surface area contributed by atoms with Gasteiger partial charge in [0.25, 0.3) is 0 Å². The molecule has 0 bridgehead atoms. The molecule has 1 aliphatic heterocycles. The zero-order valence-electron chi connectivity index (χ0n) is 18.0. The molecule has 31 heavy (non-hydrogen) atoms. The number of H-pyrrole nitrogens is 1. The molecule has 6 heteroatoms. The summed E-state index contributed by atoms with van der Waals surface area (Å²) < 4.78 is 0. The molecular formula is C25H27N5O. The van der Waals surface area contributed by atoms with Crippen LogP contribution in [0.25, 0.3) is 21.9 Å². The van der Waals surface area contributed by atoms with Crippen LogP contribution < -0.4 is 5.32 Å². The van der Waals surface area contributed by atoms with Crippen LogP contribution in [0, 0.1) is 19.8 Å². The van der Waals surface area contributed by atoms with Gasteiger partial charge in [0, 0.05) is 17.0 Å². The molecule has 1 aliphatic rings. The third-order valence-electron chi connectivity index (χ3n) is 6.15. The van der Waals surface area contributed by atoms with Gasteiger partial charge in [-0.2, -0.15) is 0 Å². The van der Waals surface area contributed by atoms with E-state index in [9.17, 15) is 4.79 Å². The van der Waals surface area contributed by atoms with Crippen molar-refractivity contribution in [1.29, 1.82) is 0 Å². The lowest BCUT2D eigenvalue weighted by atomic mass is 9.95. The number of carbonyl (C=O) groups is 1. The van der Waals surface area contributed by atoms with Gasteiger partial charge in [-0.05, 0) is 81.7 Å². The van der Waals surface area contributed by atoms with E-state index in [2.05, 4.69) is 45.3 Å². The van der Waals surface area contributed by atoms with E-state index >= 15 is 0 Å². The smallest absolute Gasteiger partial charge is 0.227 e. The number of rotatable bonds is 4. The number of amides is 1. The molecule has 6 nitrogen and oxygen atoms in total. The molecule has 0 saturated carbocycles. The highest BCUT2D eigenvalue weighted by atomic mass is 16.1. The monoisotopic (exact) mass is 413 g/mol. The molecule has 0 radical (unpaired) electrons. The number of likely N-dealkylation sites (tertiary alicyclic amines) is 1. The molecule has 158 valence electrons. The van der Waals surface area contributed by atoms with Gasteiger partial charge in [-0.3, -0.25) is 14.7 Å². The van der Waals surface area contributed by atoms with E-state index in [0.717, 1.165) is 71.6 Å². The van der Waals surface area contributed by atoms with Crippen molar-refractivity contribution in [2.75, 3.05) is 18.4 Å². The van der Waals surface area contributed by atoms with Gasteiger partial charge in [0.15, 0.2) is 0 Å². The number of carbonyl (C=O) groups excluding carboxylic acids is 1. The van der Waals surface area contributed by atoms with Crippen LogP contribution in [0.15, 0.2) is 48.5 Å². The summed E-state index contributed by atoms with van der Waals surface area (Å²) in [6.45, 7) is 6.64. The molecule has 3 heterocycles. The van der Waals surface area contributed by atoms with Crippen LogP contribution in [0.2, 0.25) is 0 Å². The van der Waals surface area contributed by atoms with E-state index in [0.29, 0.717) is 0 Å². The summed E-state index contributed by atoms with van der Waals surface area (Å²) in [6, 6.07) is 16.2. The quantitative estimate of drug-likeness (QED) is 0.514. The fraction of sp³-hybridized carbons (Fsp3) is 0.320. The van der Waals surface area contributed by atoms with E-state index in [4.69, 9.17) is 4.98 Å². The molecule has 0 atom stereocenters. The van der Waals surface area contributed by atoms with Crippen LogP contribution in [-0.4, -0.2) is 38.8 Å². The van der Waals surface area contributed by atoms with Gasteiger partial charge in [-0.25, -0.2) is 4.98 Å². The van der Waals surface area contributed by atoms with Crippen molar-refractivity contribution in [2.45, 2.75) is 33.2 Å². The summed E-state index contributed by atoms with van der Waals surface area (Å²) in [4.78, 5) is 28.0. The van der Waals surface area contributed by atoms with E-state index in [1.165, 1.54) is 5.56 Å². The van der Waals surface area contributed by atoms with Gasteiger partial charge >= 0.3 is 0 Å². The summed E-state index contributed by atoms with van der Waals surface area (Å²) in [5.74, 6) is 1.12. The van der Waals surface area contributed by atoms with Crippen LogP contribution >= 0.6 is 0 Å². The first-order chi connectivity index (χ1) is 15.0. The number of aromatic nitrogens is 3. The number of nitrogens with zero attached hydrogens (tertiary/aromatic N) is 3. The van der Waals surface area contributed by atoms with Gasteiger partial charge in [-0.1, -0.05) is 12.1 Å². The highest BCUT2D eigenvalue weighted by molar-refractivity contribution is 6.01. The first-order valence-corrected chi connectivity index (χ1v) is 10.9. The molecule has 0 spiro atoms. The predicted octanol–water partition coefficient (Wildman–Crippen LogP) is 4.58. The van der Waals surface area contributed by atoms with Gasteiger partial charge < -0.3 is 10.3 Å². The number of hydrogen-bond donors (Lipinski definition) is 2. The summed E-state index contributed by atoms with van der Waals surface area (Å²) in [5.41, 5.74) is 6.05. The standard InChI is InChI=1S/C25H27N5O/c1-16-6-9-22-23(14-16)28-24(27-22)15-30-12-10-18(11-13-30)25(31)29-21-5-3-4-20-19(21)8-7-17(2)26-20/h3-9,14,18H,10-13,15H2,1-2H3,(H,27,28)(H,29,31). The average Bonchev–Trinajstić information content (AvgIpc) is 3.15. The van der Waals surface area contributed by atoms with E-state index in [1.807, 2.05) is 37.3 Å². The Labute approximate surface area is 181 Å². The van der Waals surface area contributed by atoms with Crippen molar-refractivity contribution in [2.24, 2.45) is 5.92 Å². The second-order valence-electron chi connectivity index (χ2n) is 8.57. The van der Waals surface area contributed by atoms with Crippen molar-refractivity contribution in [3.63, 3.8) is 0 Å². The molecule has 4 aromatic rings. The Hall–Kier alpha value is -3.25. The lowest BCUT2D eigenvalue weighted by molar-refractivity contribution is -0.121. The zero-order chi connectivity index (χ0) is 21.4. The van der Waals surface area contributed by atoms with Gasteiger partial charge in [-0.15, -0.1) is 0 Å². The molecule has 1 saturated heterocycles. The number of fused-ring (bicyclic) bond motifs is 2. The Kier molecular flexibility index (Phi) is 5.16. The minimum atomic E-state index is 0.0308. The lowest BCUT2D eigenvalue weighted by Gasteiger charge is -2.30. The normalized spacial score (nSPS) is 15.5. The average molecular weight is 414 g/mol. The van der Waals surface area contributed by atoms with Crippen molar-refractivity contribution in [3.05, 3.63) is 65.6 Å². The fourth-order valence-corrected chi connectivity index (χ4v) is 4.42. The fourth-order valence-electron chi connectivity index (χ4n) is 4.42. The predicted molar refractivity (Wildman–Crippen MR) is 124 cm³/mol. The second kappa shape index (κ2) is 8.12. The SMILES string of the molecule is Cc1ccc2nc(CN3CCC(C(=O)Nc4cccc5nc(C)ccc45)CC3)[nH]c2c1. The minimum Gasteiger partial charge on any atom is -0.341 e. The van der Waals surface area contributed by atoms with Crippen LogP contribution in [0.4, 0.5) is 5.69 Å². The van der Waals surface area contributed by atoms with Crippen molar-refractivity contribution in [1.82, 2.24) is 19.9 Å². The molecule has 2 N–H and O–H groups in total. The van der Waals surface area contributed by atoms with Crippen molar-refractivity contribution < 1.29 is 4.79 Å². The number of anilines is 1. The third kappa shape index (κ3) is 4.16. The molecular weight excluding hydrogens is 386 g/mol. The van der Waals surface area contributed by atoms with Crippen LogP contribution in [-0.2, 0) is 11.3 Å². The maximum atomic E-state index is 12.9. The summed E-state index contributed by atoms with van der Waals surface area (Å²) in [6.07, 6.45) is 1.71. The topological polar surface area (TPSA) is 73.9 Å². The Morgan fingerprint density at radius 1 is 1.06 bits per heavy atom. The van der Waals surface area contributed by atoms with Crippen LogP contribution in [0.1, 0.15) is 29.9 Å². The number of piperidine rings is 1.